The number of rotatable bonds is 8. The summed E-state index contributed by atoms with van der Waals surface area (Å²) in [6.45, 7) is 0. The molecule has 2 N–H and O–H groups in total. The number of methoxy groups -OCH3 is 2. The monoisotopic (exact) mass is 466 g/mol. The fourth-order valence-electron chi connectivity index (χ4n) is 2.73. The number of nitrogens with one attached hydrogen (secondary N) is 2. The van der Waals surface area contributed by atoms with Crippen LogP contribution in [0.5, 0.6) is 11.5 Å². The molecule has 0 saturated carbocycles. The topological polar surface area (TPSA) is 111 Å². The standard InChI is InChI=1S/C20H19FN2O6S2/c1-28-18-9-5-4-8-16(18)22-30(24,25)14-11-12-19(29-2)17(13-14)23-31(26,27)20-10-6-3-7-15(20)21/h3-13,22-23H,1-2H3. The van der Waals surface area contributed by atoms with Crippen LogP contribution >= 0.6 is 0 Å². The van der Waals surface area contributed by atoms with E-state index in [1.165, 1.54) is 44.6 Å². The van der Waals surface area contributed by atoms with Gasteiger partial charge in [-0.2, -0.15) is 0 Å². The molecule has 164 valence electrons. The number of para-hydroxylation sites is 2. The summed E-state index contributed by atoms with van der Waals surface area (Å²) in [5.74, 6) is -0.591. The number of hydrogen-bond donors (Lipinski definition) is 2. The van der Waals surface area contributed by atoms with Crippen molar-refractivity contribution in [1.29, 1.82) is 0 Å². The van der Waals surface area contributed by atoms with Crippen molar-refractivity contribution in [2.45, 2.75) is 9.79 Å². The maximum atomic E-state index is 14.0. The van der Waals surface area contributed by atoms with Crippen LogP contribution in [0.4, 0.5) is 15.8 Å². The van der Waals surface area contributed by atoms with Crippen molar-refractivity contribution in [3.63, 3.8) is 0 Å². The van der Waals surface area contributed by atoms with Gasteiger partial charge in [0.2, 0.25) is 0 Å². The Labute approximate surface area is 179 Å². The molecule has 0 bridgehead atoms. The third-order valence-electron chi connectivity index (χ3n) is 4.20. The van der Waals surface area contributed by atoms with E-state index in [-0.39, 0.29) is 22.0 Å². The number of hydrogen-bond acceptors (Lipinski definition) is 6. The van der Waals surface area contributed by atoms with E-state index in [1.54, 1.807) is 18.2 Å². The summed E-state index contributed by atoms with van der Waals surface area (Å²) in [7, 11) is -5.78. The van der Waals surface area contributed by atoms with Crippen LogP contribution in [0.15, 0.2) is 76.5 Å². The lowest BCUT2D eigenvalue weighted by atomic mass is 10.3. The molecule has 0 aromatic heterocycles. The molecule has 0 saturated heterocycles. The van der Waals surface area contributed by atoms with Crippen molar-refractivity contribution in [3.8, 4) is 11.5 Å². The van der Waals surface area contributed by atoms with Gasteiger partial charge in [-0.25, -0.2) is 21.2 Å². The molecule has 8 nitrogen and oxygen atoms in total. The second kappa shape index (κ2) is 8.82. The summed E-state index contributed by atoms with van der Waals surface area (Å²) in [5, 5.41) is 0. The summed E-state index contributed by atoms with van der Waals surface area (Å²) in [5.41, 5.74) is 0.0305. The first-order chi connectivity index (χ1) is 14.7. The Morgan fingerprint density at radius 3 is 1.97 bits per heavy atom. The molecule has 0 atom stereocenters. The second-order valence-corrected chi connectivity index (χ2v) is 9.54. The highest BCUT2D eigenvalue weighted by Gasteiger charge is 2.23. The van der Waals surface area contributed by atoms with E-state index < -0.39 is 30.8 Å². The third-order valence-corrected chi connectivity index (χ3v) is 6.96. The molecule has 0 radical (unpaired) electrons. The fraction of sp³-hybridized carbons (Fsp3) is 0.100. The minimum absolute atomic E-state index is 0.0520. The number of ether oxygens (including phenoxy) is 2. The zero-order valence-electron chi connectivity index (χ0n) is 16.5. The largest absolute Gasteiger partial charge is 0.495 e. The molecule has 0 heterocycles. The van der Waals surface area contributed by atoms with Gasteiger partial charge in [0.15, 0.2) is 0 Å². The Morgan fingerprint density at radius 2 is 1.29 bits per heavy atom. The molecule has 11 heteroatoms. The molecule has 3 rings (SSSR count). The quantitative estimate of drug-likeness (QED) is 0.526. The summed E-state index contributed by atoms with van der Waals surface area (Å²) < 4.78 is 79.8. The second-order valence-electron chi connectivity index (χ2n) is 6.20. The molecule has 0 spiro atoms. The van der Waals surface area contributed by atoms with Crippen LogP contribution in [-0.4, -0.2) is 31.1 Å². The third kappa shape index (κ3) is 4.89. The summed E-state index contributed by atoms with van der Waals surface area (Å²) >= 11 is 0. The SMILES string of the molecule is COc1ccccc1NS(=O)(=O)c1ccc(OC)c(NS(=O)(=O)c2ccccc2F)c1. The lowest BCUT2D eigenvalue weighted by molar-refractivity contribution is 0.416. The zero-order valence-corrected chi connectivity index (χ0v) is 18.1. The van der Waals surface area contributed by atoms with Crippen molar-refractivity contribution >= 4 is 31.4 Å². The lowest BCUT2D eigenvalue weighted by Crippen LogP contribution is -2.17. The van der Waals surface area contributed by atoms with Crippen LogP contribution in [0, 0.1) is 5.82 Å². The van der Waals surface area contributed by atoms with Gasteiger partial charge in [-0.05, 0) is 42.5 Å². The van der Waals surface area contributed by atoms with Gasteiger partial charge in [-0.1, -0.05) is 24.3 Å². The predicted octanol–water partition coefficient (Wildman–Crippen LogP) is 3.44. The first-order valence-corrected chi connectivity index (χ1v) is 11.8. The highest BCUT2D eigenvalue weighted by Crippen LogP contribution is 2.32. The van der Waals surface area contributed by atoms with E-state index in [1.807, 2.05) is 0 Å². The average molecular weight is 467 g/mol. The first kappa shape index (κ1) is 22.4. The Balaban J connectivity index is 2.00. The average Bonchev–Trinajstić information content (AvgIpc) is 2.73. The number of benzene rings is 3. The highest BCUT2D eigenvalue weighted by molar-refractivity contribution is 7.93. The van der Waals surface area contributed by atoms with E-state index in [9.17, 15) is 21.2 Å². The Bertz CT molecular complexity index is 1310. The molecular weight excluding hydrogens is 447 g/mol. The fourth-order valence-corrected chi connectivity index (χ4v) is 4.97. The van der Waals surface area contributed by atoms with Gasteiger partial charge < -0.3 is 9.47 Å². The van der Waals surface area contributed by atoms with Gasteiger partial charge in [0.25, 0.3) is 20.0 Å². The van der Waals surface area contributed by atoms with Crippen LogP contribution in [0.25, 0.3) is 0 Å². The minimum Gasteiger partial charge on any atom is -0.495 e. The molecule has 0 unspecified atom stereocenters. The molecule has 3 aromatic carbocycles. The Morgan fingerprint density at radius 1 is 0.710 bits per heavy atom. The maximum absolute atomic E-state index is 14.0. The molecule has 0 aliphatic carbocycles. The molecular formula is C20H19FN2O6S2. The number of halogens is 1. The van der Waals surface area contributed by atoms with Gasteiger partial charge in [0.1, 0.15) is 22.2 Å². The van der Waals surface area contributed by atoms with E-state index in [0.717, 1.165) is 18.2 Å². The number of anilines is 2. The van der Waals surface area contributed by atoms with E-state index >= 15 is 0 Å². The van der Waals surface area contributed by atoms with Gasteiger partial charge in [0.05, 0.1) is 30.5 Å². The van der Waals surface area contributed by atoms with E-state index in [0.29, 0.717) is 5.75 Å². The van der Waals surface area contributed by atoms with Crippen LogP contribution in [-0.2, 0) is 20.0 Å². The summed E-state index contributed by atoms with van der Waals surface area (Å²) in [6.07, 6.45) is 0. The highest BCUT2D eigenvalue weighted by atomic mass is 32.2. The van der Waals surface area contributed by atoms with Crippen LogP contribution in [0.1, 0.15) is 0 Å². The maximum Gasteiger partial charge on any atom is 0.264 e. The van der Waals surface area contributed by atoms with E-state index in [2.05, 4.69) is 9.44 Å². The first-order valence-electron chi connectivity index (χ1n) is 8.79. The smallest absolute Gasteiger partial charge is 0.264 e. The zero-order chi connectivity index (χ0) is 22.6. The minimum atomic E-state index is -4.35. The molecule has 3 aromatic rings. The lowest BCUT2D eigenvalue weighted by Gasteiger charge is -2.15. The van der Waals surface area contributed by atoms with Gasteiger partial charge in [-0.3, -0.25) is 9.44 Å². The molecule has 0 fully saturated rings. The van der Waals surface area contributed by atoms with Crippen LogP contribution < -0.4 is 18.9 Å². The Kier molecular flexibility index (Phi) is 6.37. The van der Waals surface area contributed by atoms with Crippen LogP contribution in [0.3, 0.4) is 0 Å². The molecule has 0 aliphatic heterocycles. The molecule has 0 amide bonds. The van der Waals surface area contributed by atoms with Crippen LogP contribution in [0.2, 0.25) is 0 Å². The normalized spacial score (nSPS) is 11.6. The van der Waals surface area contributed by atoms with Crippen molar-refractivity contribution < 1.29 is 30.7 Å². The summed E-state index contributed by atoms with van der Waals surface area (Å²) in [4.78, 5) is -0.831. The Hall–Kier alpha value is -3.31. The van der Waals surface area contributed by atoms with Crippen molar-refractivity contribution in [2.24, 2.45) is 0 Å². The van der Waals surface area contributed by atoms with Crippen molar-refractivity contribution in [2.75, 3.05) is 23.7 Å². The molecule has 31 heavy (non-hydrogen) atoms. The molecule has 0 aliphatic rings. The van der Waals surface area contributed by atoms with Gasteiger partial charge in [-0.15, -0.1) is 0 Å². The van der Waals surface area contributed by atoms with E-state index in [4.69, 9.17) is 9.47 Å². The predicted molar refractivity (Wildman–Crippen MR) is 114 cm³/mol. The van der Waals surface area contributed by atoms with Gasteiger partial charge in [0, 0.05) is 0 Å². The van der Waals surface area contributed by atoms with Crippen molar-refractivity contribution in [3.05, 3.63) is 72.5 Å². The van der Waals surface area contributed by atoms with Crippen molar-refractivity contribution in [1.82, 2.24) is 0 Å². The number of sulfonamides is 2. The van der Waals surface area contributed by atoms with Gasteiger partial charge >= 0.3 is 0 Å². The summed E-state index contributed by atoms with van der Waals surface area (Å²) in [6, 6.07) is 14.8.